The highest BCUT2D eigenvalue weighted by atomic mass is 16.5. The lowest BCUT2D eigenvalue weighted by Gasteiger charge is -2.30. The van der Waals surface area contributed by atoms with Crippen LogP contribution in [0.2, 0.25) is 0 Å². The number of nitrogens with zero attached hydrogens (tertiary/aromatic N) is 5. The molecular formula is C25H30N6O2. The first-order chi connectivity index (χ1) is 16.0. The smallest absolute Gasteiger partial charge is 0.222 e. The summed E-state index contributed by atoms with van der Waals surface area (Å²) in [5.41, 5.74) is 4.56. The molecule has 33 heavy (non-hydrogen) atoms. The molecule has 0 radical (unpaired) electrons. The van der Waals surface area contributed by atoms with Gasteiger partial charge in [0.2, 0.25) is 5.91 Å². The van der Waals surface area contributed by atoms with Crippen LogP contribution in [0.5, 0.6) is 5.75 Å². The number of hydrogen-bond donors (Lipinski definition) is 1. The third kappa shape index (κ3) is 4.99. The van der Waals surface area contributed by atoms with Gasteiger partial charge >= 0.3 is 0 Å². The summed E-state index contributed by atoms with van der Waals surface area (Å²) in [6.07, 6.45) is 4.49. The SMILES string of the molecule is CNC(=O)C1CCN(CCCOc2ccc(-c3cc4c(ncn4C)c(C#N)n3)cc2C)CC1. The van der Waals surface area contributed by atoms with Gasteiger partial charge in [0.05, 0.1) is 24.1 Å². The lowest BCUT2D eigenvalue weighted by Crippen LogP contribution is -2.40. The number of carbonyl (C=O) groups is 1. The molecule has 4 rings (SSSR count). The molecule has 8 heteroatoms. The maximum Gasteiger partial charge on any atom is 0.222 e. The summed E-state index contributed by atoms with van der Waals surface area (Å²) in [6, 6.07) is 10.1. The highest BCUT2D eigenvalue weighted by Crippen LogP contribution is 2.28. The molecule has 1 fully saturated rings. The van der Waals surface area contributed by atoms with E-state index in [2.05, 4.69) is 26.3 Å². The van der Waals surface area contributed by atoms with Crippen LogP contribution in [-0.4, -0.2) is 58.6 Å². The Morgan fingerprint density at radius 2 is 2.09 bits per heavy atom. The first-order valence-corrected chi connectivity index (χ1v) is 11.4. The van der Waals surface area contributed by atoms with Gasteiger partial charge in [-0.1, -0.05) is 0 Å². The van der Waals surface area contributed by atoms with Crippen LogP contribution in [0.3, 0.4) is 0 Å². The highest BCUT2D eigenvalue weighted by Gasteiger charge is 2.23. The fourth-order valence-corrected chi connectivity index (χ4v) is 4.42. The van der Waals surface area contributed by atoms with Gasteiger partial charge in [-0.05, 0) is 69.1 Å². The van der Waals surface area contributed by atoms with E-state index < -0.39 is 0 Å². The molecule has 0 unspecified atom stereocenters. The summed E-state index contributed by atoms with van der Waals surface area (Å²) in [4.78, 5) is 23.0. The maximum atomic E-state index is 11.8. The first-order valence-electron chi connectivity index (χ1n) is 11.4. The van der Waals surface area contributed by atoms with Gasteiger partial charge in [-0.2, -0.15) is 5.26 Å². The average Bonchev–Trinajstić information content (AvgIpc) is 3.22. The number of benzene rings is 1. The van der Waals surface area contributed by atoms with Crippen molar-refractivity contribution in [2.75, 3.05) is 33.3 Å². The fourth-order valence-electron chi connectivity index (χ4n) is 4.42. The van der Waals surface area contributed by atoms with Gasteiger partial charge in [0.15, 0.2) is 5.69 Å². The topological polar surface area (TPSA) is 96.1 Å². The van der Waals surface area contributed by atoms with Crippen LogP contribution in [0.4, 0.5) is 0 Å². The number of carbonyl (C=O) groups excluding carboxylic acids is 1. The predicted octanol–water partition coefficient (Wildman–Crippen LogP) is 3.04. The molecule has 3 aromatic rings. The van der Waals surface area contributed by atoms with E-state index in [-0.39, 0.29) is 11.8 Å². The number of fused-ring (bicyclic) bond motifs is 1. The van der Waals surface area contributed by atoms with Crippen molar-refractivity contribution < 1.29 is 9.53 Å². The Morgan fingerprint density at radius 1 is 1.30 bits per heavy atom. The molecule has 1 aliphatic heterocycles. The monoisotopic (exact) mass is 446 g/mol. The van der Waals surface area contributed by atoms with Gasteiger partial charge < -0.3 is 19.5 Å². The molecule has 172 valence electrons. The van der Waals surface area contributed by atoms with Gasteiger partial charge in [-0.15, -0.1) is 0 Å². The normalized spacial score (nSPS) is 14.8. The average molecular weight is 447 g/mol. The number of pyridine rings is 1. The second kappa shape index (κ2) is 10.0. The number of likely N-dealkylation sites (tertiary alicyclic amines) is 1. The number of nitrogens with one attached hydrogen (secondary N) is 1. The molecule has 1 saturated heterocycles. The van der Waals surface area contributed by atoms with E-state index in [1.807, 2.05) is 42.8 Å². The number of aromatic nitrogens is 3. The highest BCUT2D eigenvalue weighted by molar-refractivity contribution is 5.84. The molecular weight excluding hydrogens is 416 g/mol. The Hall–Kier alpha value is -3.44. The van der Waals surface area contributed by atoms with E-state index in [9.17, 15) is 10.1 Å². The Kier molecular flexibility index (Phi) is 6.90. The first kappa shape index (κ1) is 22.7. The largest absolute Gasteiger partial charge is 0.493 e. The molecule has 0 aliphatic carbocycles. The Labute approximate surface area is 194 Å². The molecule has 3 heterocycles. The Balaban J connectivity index is 1.33. The maximum absolute atomic E-state index is 11.8. The number of hydrogen-bond acceptors (Lipinski definition) is 6. The third-order valence-corrected chi connectivity index (χ3v) is 6.37. The number of amides is 1. The van der Waals surface area contributed by atoms with Crippen molar-refractivity contribution >= 4 is 16.9 Å². The number of ether oxygens (including phenoxy) is 1. The second-order valence-corrected chi connectivity index (χ2v) is 8.60. The van der Waals surface area contributed by atoms with E-state index in [0.717, 1.165) is 67.0 Å². The van der Waals surface area contributed by atoms with Crippen LogP contribution in [0.15, 0.2) is 30.6 Å². The van der Waals surface area contributed by atoms with Crippen molar-refractivity contribution in [2.45, 2.75) is 26.2 Å². The van der Waals surface area contributed by atoms with Gasteiger partial charge in [0.25, 0.3) is 0 Å². The molecule has 1 aliphatic rings. The second-order valence-electron chi connectivity index (χ2n) is 8.60. The zero-order valence-corrected chi connectivity index (χ0v) is 19.5. The molecule has 1 amide bonds. The lowest BCUT2D eigenvalue weighted by molar-refractivity contribution is -0.125. The minimum Gasteiger partial charge on any atom is -0.493 e. The summed E-state index contributed by atoms with van der Waals surface area (Å²) >= 11 is 0. The van der Waals surface area contributed by atoms with Gasteiger partial charge in [0, 0.05) is 32.1 Å². The van der Waals surface area contributed by atoms with E-state index >= 15 is 0 Å². The minimum absolute atomic E-state index is 0.154. The molecule has 0 spiro atoms. The number of aryl methyl sites for hydroxylation is 2. The summed E-state index contributed by atoms with van der Waals surface area (Å²) in [6.45, 7) is 5.57. The van der Waals surface area contributed by atoms with E-state index in [0.29, 0.717) is 17.8 Å². The Bertz CT molecular complexity index is 1190. The minimum atomic E-state index is 0.154. The molecule has 1 N–H and O–H groups in total. The van der Waals surface area contributed by atoms with Gasteiger partial charge in [-0.25, -0.2) is 9.97 Å². The molecule has 0 saturated carbocycles. The number of imidazole rings is 1. The van der Waals surface area contributed by atoms with Crippen molar-refractivity contribution in [1.82, 2.24) is 24.8 Å². The van der Waals surface area contributed by atoms with Crippen molar-refractivity contribution in [3.05, 3.63) is 41.9 Å². The van der Waals surface area contributed by atoms with Crippen LogP contribution in [-0.2, 0) is 11.8 Å². The van der Waals surface area contributed by atoms with Gasteiger partial charge in [-0.3, -0.25) is 4.79 Å². The predicted molar refractivity (Wildman–Crippen MR) is 127 cm³/mol. The van der Waals surface area contributed by atoms with Crippen LogP contribution < -0.4 is 10.1 Å². The van der Waals surface area contributed by atoms with Crippen LogP contribution in [0.1, 0.15) is 30.5 Å². The molecule has 0 bridgehead atoms. The van der Waals surface area contributed by atoms with Crippen LogP contribution >= 0.6 is 0 Å². The molecule has 8 nitrogen and oxygen atoms in total. The van der Waals surface area contributed by atoms with Crippen molar-refractivity contribution in [3.8, 4) is 23.1 Å². The van der Waals surface area contributed by atoms with E-state index in [4.69, 9.17) is 4.74 Å². The van der Waals surface area contributed by atoms with Crippen LogP contribution in [0, 0.1) is 24.2 Å². The molecule has 2 aromatic heterocycles. The van der Waals surface area contributed by atoms with Crippen molar-refractivity contribution in [1.29, 1.82) is 5.26 Å². The zero-order valence-electron chi connectivity index (χ0n) is 19.5. The van der Waals surface area contributed by atoms with Crippen molar-refractivity contribution in [3.63, 3.8) is 0 Å². The molecule has 1 aromatic carbocycles. The van der Waals surface area contributed by atoms with E-state index in [1.165, 1.54) is 0 Å². The quantitative estimate of drug-likeness (QED) is 0.561. The number of rotatable bonds is 7. The standard InChI is InChI=1S/C25H30N6O2/c1-17-13-19(20-14-22-24(21(15-26)29-20)28-16-30(22)3)5-6-23(17)33-12-4-9-31-10-7-18(8-11-31)25(32)27-2/h5-6,13-14,16,18H,4,7-12H2,1-3H3,(H,27,32). The summed E-state index contributed by atoms with van der Waals surface area (Å²) in [5.74, 6) is 1.18. The van der Waals surface area contributed by atoms with Crippen LogP contribution in [0.25, 0.3) is 22.3 Å². The third-order valence-electron chi connectivity index (χ3n) is 6.37. The summed E-state index contributed by atoms with van der Waals surface area (Å²) in [7, 11) is 3.62. The lowest BCUT2D eigenvalue weighted by atomic mass is 9.96. The summed E-state index contributed by atoms with van der Waals surface area (Å²) in [5, 5.41) is 12.2. The fraction of sp³-hybridized carbons (Fsp3) is 0.440. The van der Waals surface area contributed by atoms with Gasteiger partial charge in [0.1, 0.15) is 17.3 Å². The van der Waals surface area contributed by atoms with Crippen molar-refractivity contribution in [2.24, 2.45) is 13.0 Å². The zero-order chi connectivity index (χ0) is 23.4. The molecule has 0 atom stereocenters. The van der Waals surface area contributed by atoms with E-state index in [1.54, 1.807) is 13.4 Å². The number of nitriles is 1. The number of piperidine rings is 1. The summed E-state index contributed by atoms with van der Waals surface area (Å²) < 4.78 is 7.94. The Morgan fingerprint density at radius 3 is 2.79 bits per heavy atom.